The Morgan fingerprint density at radius 1 is 0.463 bits per heavy atom. The lowest BCUT2D eigenvalue weighted by Crippen LogP contribution is -2.42. The van der Waals surface area contributed by atoms with Gasteiger partial charge in [-0.25, -0.2) is 14.0 Å². The quantitative estimate of drug-likeness (QED) is 0.0426. The number of nitrogen functional groups attached to an aromatic ring is 3. The average Bonchev–Trinajstić information content (AvgIpc) is 1.62. The molecule has 12 rings (SSSR count). The van der Waals surface area contributed by atoms with Gasteiger partial charge in [-0.1, -0.05) is 54.8 Å². The maximum atomic E-state index is 12.9. The second kappa shape index (κ2) is 25.2. The Morgan fingerprint density at radius 2 is 0.716 bits per heavy atom. The number of benzene rings is 3. The number of hydrogen-bond donors (Lipinski definition) is 6. The third kappa shape index (κ3) is 13.3. The monoisotopic (exact) mass is 1320 g/mol. The SMILES string of the molecule is C=CC(=O)N1CCC2(CC(n3nc(-c4ccc(C(F)(F)F)cc4)c(C(N)=O)c3N)C2)C1.CC#CC(=O)N1CCC2(CC(n3nc(-c4ccc(C(F)(F)F)cc4)c(C(N)=O)c3N)C2)C1.CC#CC(=O)N1CCC2(CC(n3nc(-c4ccc(C(F)(F)F)cc4)c(C(N)=O)c3N)C2)C1. The highest BCUT2D eigenvalue weighted by Gasteiger charge is 2.54. The fourth-order valence-electron chi connectivity index (χ4n) is 14.1. The summed E-state index contributed by atoms with van der Waals surface area (Å²) in [6.45, 7) is 10.5. The van der Waals surface area contributed by atoms with Gasteiger partial charge in [0.1, 0.15) is 51.2 Å². The summed E-state index contributed by atoms with van der Waals surface area (Å²) < 4.78 is 120. The van der Waals surface area contributed by atoms with E-state index in [0.717, 1.165) is 68.5 Å². The molecule has 6 amide bonds. The van der Waals surface area contributed by atoms with Crippen LogP contribution in [0.1, 0.15) is 138 Å². The number of halogens is 9. The van der Waals surface area contributed by atoms with Crippen molar-refractivity contribution in [3.63, 3.8) is 0 Å². The highest BCUT2D eigenvalue weighted by molar-refractivity contribution is 6.05. The van der Waals surface area contributed by atoms with Crippen LogP contribution < -0.4 is 34.4 Å². The molecule has 3 spiro atoms. The highest BCUT2D eigenvalue weighted by atomic mass is 19.4. The summed E-state index contributed by atoms with van der Waals surface area (Å²) in [6.07, 6.45) is -5.24. The van der Waals surface area contributed by atoms with Crippen molar-refractivity contribution >= 4 is 52.9 Å². The van der Waals surface area contributed by atoms with Gasteiger partial charge in [-0.3, -0.25) is 28.8 Å². The molecular weight excluding hydrogens is 1260 g/mol. The molecule has 0 atom stereocenters. The minimum atomic E-state index is -4.47. The number of amides is 6. The first kappa shape index (κ1) is 67.6. The lowest BCUT2D eigenvalue weighted by Gasteiger charge is -2.45. The van der Waals surface area contributed by atoms with E-state index in [-0.39, 0.29) is 103 Å². The van der Waals surface area contributed by atoms with Crippen LogP contribution in [0, 0.1) is 39.9 Å². The smallest absolute Gasteiger partial charge is 0.383 e. The zero-order valence-electron chi connectivity index (χ0n) is 51.4. The molecule has 95 heavy (non-hydrogen) atoms. The number of nitrogens with two attached hydrogens (primary N) is 6. The van der Waals surface area contributed by atoms with Crippen LogP contribution in [-0.4, -0.2) is 119 Å². The Kier molecular flexibility index (Phi) is 18.0. The zero-order valence-corrected chi connectivity index (χ0v) is 51.4. The van der Waals surface area contributed by atoms with E-state index in [4.69, 9.17) is 34.4 Å². The Morgan fingerprint density at radius 3 is 0.947 bits per heavy atom. The van der Waals surface area contributed by atoms with E-state index >= 15 is 0 Å². The average molecular weight is 1320 g/mol. The van der Waals surface area contributed by atoms with Gasteiger partial charge in [-0.2, -0.15) is 54.8 Å². The lowest BCUT2D eigenvalue weighted by atomic mass is 9.65. The predicted octanol–water partition coefficient (Wildman–Crippen LogP) is 8.64. The van der Waals surface area contributed by atoms with Crippen molar-refractivity contribution in [3.05, 3.63) is 119 Å². The fraction of sp³-hybridized carbons (Fsp3) is 0.400. The number of carbonyl (C=O) groups excluding carboxylic acids is 6. The number of aromatic nitrogens is 6. The number of hydrogen-bond acceptors (Lipinski definition) is 12. The Hall–Kier alpha value is -10.3. The number of rotatable bonds is 10. The topological polar surface area (TPSA) is 322 Å². The molecule has 6 aromatic rings. The molecule has 500 valence electrons. The van der Waals surface area contributed by atoms with Crippen molar-refractivity contribution in [2.75, 3.05) is 56.5 Å². The molecule has 30 heteroatoms. The van der Waals surface area contributed by atoms with E-state index in [2.05, 4.69) is 45.6 Å². The van der Waals surface area contributed by atoms with Crippen LogP contribution in [0.2, 0.25) is 0 Å². The van der Waals surface area contributed by atoms with Gasteiger partial charge in [-0.05, 0) is 142 Å². The third-order valence-electron chi connectivity index (χ3n) is 18.9. The molecule has 6 aliphatic rings. The summed E-state index contributed by atoms with van der Waals surface area (Å²) in [4.78, 5) is 77.3. The first-order valence-electron chi connectivity index (χ1n) is 30.0. The van der Waals surface area contributed by atoms with Crippen molar-refractivity contribution in [1.82, 2.24) is 44.0 Å². The van der Waals surface area contributed by atoms with Gasteiger partial charge in [0.2, 0.25) is 5.91 Å². The zero-order chi connectivity index (χ0) is 69.1. The maximum Gasteiger partial charge on any atom is 0.416 e. The summed E-state index contributed by atoms with van der Waals surface area (Å²) in [6, 6.07) is 12.8. The Labute approximate surface area is 537 Å². The van der Waals surface area contributed by atoms with Gasteiger partial charge < -0.3 is 49.1 Å². The molecule has 21 nitrogen and oxygen atoms in total. The largest absolute Gasteiger partial charge is 0.416 e. The number of alkyl halides is 9. The lowest BCUT2D eigenvalue weighted by molar-refractivity contribution is -0.138. The van der Waals surface area contributed by atoms with E-state index in [9.17, 15) is 68.3 Å². The summed E-state index contributed by atoms with van der Waals surface area (Å²) in [5.41, 5.74) is 34.0. The van der Waals surface area contributed by atoms with Crippen molar-refractivity contribution in [1.29, 1.82) is 0 Å². The normalized spacial score (nSPS) is 22.6. The number of likely N-dealkylation sites (tertiary alicyclic amines) is 3. The Balaban J connectivity index is 0.000000155. The molecule has 12 N–H and O–H groups in total. The summed E-state index contributed by atoms with van der Waals surface area (Å²) in [7, 11) is 0. The van der Waals surface area contributed by atoms with Gasteiger partial charge in [0.15, 0.2) is 0 Å². The van der Waals surface area contributed by atoms with E-state index in [1.54, 1.807) is 28.5 Å². The minimum absolute atomic E-state index is 0.00408. The summed E-state index contributed by atoms with van der Waals surface area (Å²) in [5.74, 6) is 7.77. The van der Waals surface area contributed by atoms with Gasteiger partial charge in [0.25, 0.3) is 29.5 Å². The number of anilines is 3. The summed E-state index contributed by atoms with van der Waals surface area (Å²) >= 11 is 0. The fourth-order valence-corrected chi connectivity index (χ4v) is 14.1. The second-order valence-corrected chi connectivity index (χ2v) is 25.1. The number of carbonyl (C=O) groups is 6. The molecule has 6 heterocycles. The van der Waals surface area contributed by atoms with Gasteiger partial charge in [0, 0.05) is 56.0 Å². The van der Waals surface area contributed by atoms with Crippen LogP contribution in [0.25, 0.3) is 33.8 Å². The van der Waals surface area contributed by atoms with E-state index in [1.807, 2.05) is 0 Å². The molecule has 3 saturated carbocycles. The maximum absolute atomic E-state index is 12.9. The molecular formula is C65H66F9N15O6. The third-order valence-corrected chi connectivity index (χ3v) is 18.9. The van der Waals surface area contributed by atoms with E-state index in [0.29, 0.717) is 81.6 Å². The predicted molar refractivity (Wildman–Crippen MR) is 330 cm³/mol. The molecule has 3 aliphatic carbocycles. The standard InChI is InChI=1S/2C22H22F3N5O2.C21H22F3N5O2/c2*1-2-3-16(31)29-9-8-21(12-29)10-15(11-21)30-19(26)17(20(27)32)18(28-30)13-4-6-14(7-5-13)22(23,24)25;1-2-15(30)28-8-7-20(11-28)9-14(10-20)29-18(25)16(19(26)31)17(27-29)12-3-5-13(6-4-12)21(22,23)24/h2*4-7,15H,8-12,26H2,1H3,(H2,27,32);2-6,14H,1,7-11,25H2,(H2,26,31). The second-order valence-electron chi connectivity index (χ2n) is 25.1. The first-order valence-corrected chi connectivity index (χ1v) is 30.0. The van der Waals surface area contributed by atoms with E-state index in [1.165, 1.54) is 56.5 Å². The summed E-state index contributed by atoms with van der Waals surface area (Å²) in [5, 5.41) is 13.4. The molecule has 3 aromatic heterocycles. The van der Waals surface area contributed by atoms with Crippen LogP contribution in [0.15, 0.2) is 85.5 Å². The number of nitrogens with zero attached hydrogens (tertiary/aromatic N) is 9. The van der Waals surface area contributed by atoms with Gasteiger partial charge in [-0.15, -0.1) is 0 Å². The van der Waals surface area contributed by atoms with Crippen molar-refractivity contribution < 1.29 is 68.3 Å². The minimum Gasteiger partial charge on any atom is -0.383 e. The highest BCUT2D eigenvalue weighted by Crippen LogP contribution is 2.57. The first-order chi connectivity index (χ1) is 44.6. The molecule has 3 aliphatic heterocycles. The Bertz CT molecular complexity index is 3990. The van der Waals surface area contributed by atoms with Gasteiger partial charge in [0.05, 0.1) is 34.8 Å². The molecule has 0 bridgehead atoms. The van der Waals surface area contributed by atoms with Crippen LogP contribution >= 0.6 is 0 Å². The van der Waals surface area contributed by atoms with Gasteiger partial charge >= 0.3 is 18.5 Å². The van der Waals surface area contributed by atoms with Crippen LogP contribution in [0.3, 0.4) is 0 Å². The van der Waals surface area contributed by atoms with Crippen molar-refractivity contribution in [3.8, 4) is 57.5 Å². The van der Waals surface area contributed by atoms with Crippen LogP contribution in [-0.2, 0) is 32.9 Å². The number of primary amides is 3. The van der Waals surface area contributed by atoms with E-state index < -0.39 is 52.9 Å². The van der Waals surface area contributed by atoms with Crippen LogP contribution in [0.5, 0.6) is 0 Å². The molecule has 0 radical (unpaired) electrons. The molecule has 6 fully saturated rings. The molecule has 0 unspecified atom stereocenters. The van der Waals surface area contributed by atoms with Crippen molar-refractivity contribution in [2.45, 2.75) is 108 Å². The van der Waals surface area contributed by atoms with Crippen LogP contribution in [0.4, 0.5) is 57.0 Å². The van der Waals surface area contributed by atoms with Crippen molar-refractivity contribution in [2.24, 2.45) is 33.4 Å². The molecule has 3 saturated heterocycles. The molecule has 3 aromatic carbocycles.